The summed E-state index contributed by atoms with van der Waals surface area (Å²) in [6, 6.07) is 39.6. The first-order valence-corrected chi connectivity index (χ1v) is 15.2. The maximum Gasteiger partial charge on any atom is 0.275 e. The molecule has 5 rings (SSSR count). The minimum atomic E-state index is -0.413. The number of amides is 1. The van der Waals surface area contributed by atoms with Crippen molar-refractivity contribution >= 4 is 18.1 Å². The highest BCUT2D eigenvalue weighted by atomic mass is 16.2. The third-order valence-corrected chi connectivity index (χ3v) is 7.79. The molecule has 1 amide bonds. The second-order valence-corrected chi connectivity index (χ2v) is 10.9. The van der Waals surface area contributed by atoms with Crippen LogP contribution in [0.5, 0.6) is 0 Å². The summed E-state index contributed by atoms with van der Waals surface area (Å²) in [6.07, 6.45) is 4.23. The molecule has 0 fully saturated rings. The number of hydrogen-bond acceptors (Lipinski definition) is 4. The number of carbonyl (C=O) groups excluding carboxylic acids is 1. The zero-order chi connectivity index (χ0) is 31.4. The van der Waals surface area contributed by atoms with Crippen LogP contribution in [0.15, 0.2) is 131 Å². The van der Waals surface area contributed by atoms with Crippen LogP contribution in [0.25, 0.3) is 12.2 Å². The van der Waals surface area contributed by atoms with Gasteiger partial charge in [0, 0.05) is 26.1 Å². The SMILES string of the molecule is Cn1c(=O)/c(=C/c2ccccc2)n(CC(=O)NCCNCCC(c2ccccc2)c2ccccc2)c(=O)/c1=C/c1ccccc1. The lowest BCUT2D eigenvalue weighted by Crippen LogP contribution is -2.58. The van der Waals surface area contributed by atoms with Crippen LogP contribution in [0.4, 0.5) is 0 Å². The van der Waals surface area contributed by atoms with E-state index in [2.05, 4.69) is 59.2 Å². The predicted molar refractivity (Wildman–Crippen MR) is 180 cm³/mol. The molecule has 45 heavy (non-hydrogen) atoms. The first-order valence-electron chi connectivity index (χ1n) is 15.2. The van der Waals surface area contributed by atoms with E-state index in [4.69, 9.17) is 0 Å². The van der Waals surface area contributed by atoms with Crippen LogP contribution in [0.2, 0.25) is 0 Å². The second-order valence-electron chi connectivity index (χ2n) is 10.9. The molecule has 0 aliphatic rings. The van der Waals surface area contributed by atoms with Crippen LogP contribution in [-0.2, 0) is 18.4 Å². The summed E-state index contributed by atoms with van der Waals surface area (Å²) >= 11 is 0. The zero-order valence-electron chi connectivity index (χ0n) is 25.4. The van der Waals surface area contributed by atoms with Crippen molar-refractivity contribution in [3.8, 4) is 0 Å². The fourth-order valence-electron chi connectivity index (χ4n) is 5.41. The number of benzene rings is 4. The smallest absolute Gasteiger partial charge is 0.275 e. The Morgan fingerprint density at radius 1 is 0.644 bits per heavy atom. The van der Waals surface area contributed by atoms with E-state index in [9.17, 15) is 14.4 Å². The summed E-state index contributed by atoms with van der Waals surface area (Å²) in [5, 5.41) is 6.70. The third-order valence-electron chi connectivity index (χ3n) is 7.79. The summed E-state index contributed by atoms with van der Waals surface area (Å²) < 4.78 is 2.62. The number of rotatable bonds is 12. The number of carbonyl (C=O) groups is 1. The molecule has 2 N–H and O–H groups in total. The van der Waals surface area contributed by atoms with E-state index in [-0.39, 0.29) is 34.6 Å². The Bertz CT molecular complexity index is 1900. The van der Waals surface area contributed by atoms with E-state index in [0.717, 1.165) is 24.1 Å². The molecule has 0 radical (unpaired) electrons. The van der Waals surface area contributed by atoms with Crippen molar-refractivity contribution in [3.05, 3.63) is 175 Å². The Kier molecular flexibility index (Phi) is 10.7. The Morgan fingerprint density at radius 2 is 1.13 bits per heavy atom. The zero-order valence-corrected chi connectivity index (χ0v) is 25.4. The predicted octanol–water partition coefficient (Wildman–Crippen LogP) is 3.13. The molecule has 1 heterocycles. The summed E-state index contributed by atoms with van der Waals surface area (Å²) in [5.41, 5.74) is 3.31. The normalized spacial score (nSPS) is 12.0. The second kappa shape index (κ2) is 15.5. The maximum absolute atomic E-state index is 13.8. The largest absolute Gasteiger partial charge is 0.353 e. The minimum Gasteiger partial charge on any atom is -0.353 e. The van der Waals surface area contributed by atoms with Gasteiger partial charge in [0.2, 0.25) is 5.91 Å². The van der Waals surface area contributed by atoms with Crippen LogP contribution in [0, 0.1) is 0 Å². The van der Waals surface area contributed by atoms with E-state index < -0.39 is 5.56 Å². The fourth-order valence-corrected chi connectivity index (χ4v) is 5.41. The Labute approximate surface area is 262 Å². The topological polar surface area (TPSA) is 85.1 Å². The molecular formula is C38H38N4O3. The Morgan fingerprint density at radius 3 is 1.67 bits per heavy atom. The fraction of sp³-hybridized carbons (Fsp3) is 0.184. The van der Waals surface area contributed by atoms with Gasteiger partial charge in [-0.2, -0.15) is 0 Å². The molecule has 7 heteroatoms. The van der Waals surface area contributed by atoms with E-state index >= 15 is 0 Å². The van der Waals surface area contributed by atoms with Gasteiger partial charge in [0.25, 0.3) is 11.1 Å². The number of aromatic nitrogens is 2. The van der Waals surface area contributed by atoms with Crippen LogP contribution in [0.3, 0.4) is 0 Å². The average molecular weight is 599 g/mol. The molecule has 0 aliphatic carbocycles. The van der Waals surface area contributed by atoms with Gasteiger partial charge in [-0.15, -0.1) is 0 Å². The molecule has 0 aliphatic heterocycles. The van der Waals surface area contributed by atoms with Crippen molar-refractivity contribution in [2.24, 2.45) is 7.05 Å². The first-order chi connectivity index (χ1) is 22.0. The lowest BCUT2D eigenvalue weighted by molar-refractivity contribution is -0.121. The van der Waals surface area contributed by atoms with Crippen molar-refractivity contribution in [2.45, 2.75) is 18.9 Å². The van der Waals surface area contributed by atoms with E-state index in [1.54, 1.807) is 19.2 Å². The van der Waals surface area contributed by atoms with Crippen LogP contribution in [-0.4, -0.2) is 34.7 Å². The summed E-state index contributed by atoms with van der Waals surface area (Å²) in [4.78, 5) is 40.4. The molecule has 1 aromatic heterocycles. The standard InChI is InChI=1S/C38H38N4O3/c1-41-34(26-29-14-6-2-7-15-29)38(45)42(35(37(41)44)27-30-16-8-3-9-17-30)28-36(43)40-25-24-39-23-22-33(31-18-10-4-11-19-31)32-20-12-5-13-21-32/h2-21,26-27,33,39H,22-25,28H2,1H3,(H,40,43)/b34-26-,35-27-. The third kappa shape index (κ3) is 8.22. The van der Waals surface area contributed by atoms with Gasteiger partial charge < -0.3 is 15.2 Å². The van der Waals surface area contributed by atoms with Crippen LogP contribution in [0.1, 0.15) is 34.6 Å². The molecule has 0 bridgehead atoms. The van der Waals surface area contributed by atoms with Gasteiger partial charge >= 0.3 is 0 Å². The lowest BCUT2D eigenvalue weighted by atomic mass is 9.88. The molecule has 7 nitrogen and oxygen atoms in total. The quantitative estimate of drug-likeness (QED) is 0.216. The van der Waals surface area contributed by atoms with Crippen molar-refractivity contribution in [1.82, 2.24) is 19.8 Å². The summed E-state index contributed by atoms with van der Waals surface area (Å²) in [5.74, 6) is -0.0739. The highest BCUT2D eigenvalue weighted by Crippen LogP contribution is 2.27. The minimum absolute atomic E-state index is 0.153. The molecule has 0 saturated carbocycles. The van der Waals surface area contributed by atoms with Gasteiger partial charge in [-0.1, -0.05) is 121 Å². The van der Waals surface area contributed by atoms with E-state index in [0.29, 0.717) is 13.1 Å². The molecule has 0 spiro atoms. The number of hydrogen-bond donors (Lipinski definition) is 2. The molecule has 5 aromatic rings. The number of nitrogens with one attached hydrogen (secondary N) is 2. The van der Waals surface area contributed by atoms with Gasteiger partial charge in [-0.05, 0) is 47.4 Å². The van der Waals surface area contributed by atoms with Gasteiger partial charge in [-0.25, -0.2) is 0 Å². The summed E-state index contributed by atoms with van der Waals surface area (Å²) in [7, 11) is 1.58. The molecule has 0 atom stereocenters. The van der Waals surface area contributed by atoms with Gasteiger partial charge in [-0.3, -0.25) is 19.0 Å². The first kappa shape index (κ1) is 31.2. The van der Waals surface area contributed by atoms with Crippen molar-refractivity contribution in [2.75, 3.05) is 19.6 Å². The van der Waals surface area contributed by atoms with Gasteiger partial charge in [0.15, 0.2) is 0 Å². The molecule has 228 valence electrons. The van der Waals surface area contributed by atoms with Crippen LogP contribution < -0.4 is 32.5 Å². The Balaban J connectivity index is 1.28. The van der Waals surface area contributed by atoms with Crippen molar-refractivity contribution in [1.29, 1.82) is 0 Å². The van der Waals surface area contributed by atoms with Crippen molar-refractivity contribution in [3.63, 3.8) is 0 Å². The molecule has 0 unspecified atom stereocenters. The maximum atomic E-state index is 13.8. The van der Waals surface area contributed by atoms with Crippen LogP contribution >= 0.6 is 0 Å². The molecule has 4 aromatic carbocycles. The molecular weight excluding hydrogens is 560 g/mol. The average Bonchev–Trinajstić information content (AvgIpc) is 3.08. The lowest BCUT2D eigenvalue weighted by Gasteiger charge is -2.18. The van der Waals surface area contributed by atoms with Gasteiger partial charge in [0.05, 0.1) is 0 Å². The molecule has 0 saturated heterocycles. The highest BCUT2D eigenvalue weighted by Gasteiger charge is 2.14. The Hall–Kier alpha value is -5.27. The van der Waals surface area contributed by atoms with Crippen molar-refractivity contribution < 1.29 is 4.79 Å². The van der Waals surface area contributed by atoms with E-state index in [1.807, 2.05) is 72.8 Å². The highest BCUT2D eigenvalue weighted by molar-refractivity contribution is 5.75. The van der Waals surface area contributed by atoms with E-state index in [1.165, 1.54) is 20.3 Å². The van der Waals surface area contributed by atoms with Gasteiger partial charge in [0.1, 0.15) is 17.2 Å². The number of nitrogens with zero attached hydrogens (tertiary/aromatic N) is 2. The summed E-state index contributed by atoms with van der Waals surface area (Å²) in [6.45, 7) is 1.46. The monoisotopic (exact) mass is 598 g/mol.